The van der Waals surface area contributed by atoms with Crippen LogP contribution in [0.2, 0.25) is 5.02 Å². The Morgan fingerprint density at radius 3 is 2.83 bits per heavy atom. The average molecular weight is 287 g/mol. The van der Waals surface area contributed by atoms with E-state index in [1.54, 1.807) is 13.2 Å². The van der Waals surface area contributed by atoms with Crippen LogP contribution in [-0.2, 0) is 4.74 Å². The fourth-order valence-corrected chi connectivity index (χ4v) is 2.25. The van der Waals surface area contributed by atoms with Gasteiger partial charge in [0.25, 0.3) is 0 Å². The number of anilines is 1. The normalized spacial score (nSPS) is 10.3. The molecule has 5 heteroatoms. The lowest BCUT2D eigenvalue weighted by atomic mass is 10.1. The smallest absolute Gasteiger partial charge is 0.107 e. The molecule has 3 N–H and O–H groups in total. The monoisotopic (exact) mass is 286 g/mol. The van der Waals surface area contributed by atoms with Gasteiger partial charge in [0, 0.05) is 25.9 Å². The first-order valence-corrected chi connectivity index (χ1v) is 6.76. The van der Waals surface area contributed by atoms with Gasteiger partial charge in [-0.05, 0) is 31.4 Å². The summed E-state index contributed by atoms with van der Waals surface area (Å²) >= 11 is 11.1. The largest absolute Gasteiger partial charge is 0.389 e. The summed E-state index contributed by atoms with van der Waals surface area (Å²) in [4.78, 5) is 0.322. The van der Waals surface area contributed by atoms with Gasteiger partial charge in [-0.1, -0.05) is 29.9 Å². The third-order valence-electron chi connectivity index (χ3n) is 2.60. The van der Waals surface area contributed by atoms with E-state index < -0.39 is 0 Å². The van der Waals surface area contributed by atoms with Crippen molar-refractivity contribution in [1.29, 1.82) is 0 Å². The molecule has 0 atom stereocenters. The Kier molecular flexibility index (Phi) is 7.01. The van der Waals surface area contributed by atoms with Gasteiger partial charge in [0.2, 0.25) is 0 Å². The fourth-order valence-electron chi connectivity index (χ4n) is 1.69. The topological polar surface area (TPSA) is 47.3 Å². The first-order chi connectivity index (χ1) is 8.66. The van der Waals surface area contributed by atoms with Crippen molar-refractivity contribution in [3.05, 3.63) is 28.8 Å². The third-order valence-corrected chi connectivity index (χ3v) is 3.12. The van der Waals surface area contributed by atoms with Crippen LogP contribution in [0.1, 0.15) is 24.8 Å². The van der Waals surface area contributed by atoms with E-state index in [0.717, 1.165) is 43.7 Å². The van der Waals surface area contributed by atoms with Gasteiger partial charge >= 0.3 is 0 Å². The summed E-state index contributed by atoms with van der Waals surface area (Å²) in [7, 11) is 1.72. The summed E-state index contributed by atoms with van der Waals surface area (Å²) in [5.41, 5.74) is 7.31. The number of nitrogens with one attached hydrogen (secondary N) is 1. The molecule has 0 unspecified atom stereocenters. The van der Waals surface area contributed by atoms with E-state index in [1.165, 1.54) is 0 Å². The van der Waals surface area contributed by atoms with Crippen LogP contribution in [0.3, 0.4) is 0 Å². The number of ether oxygens (including phenoxy) is 1. The third kappa shape index (κ3) is 4.80. The van der Waals surface area contributed by atoms with Crippen LogP contribution in [-0.4, -0.2) is 25.2 Å². The highest BCUT2D eigenvalue weighted by molar-refractivity contribution is 7.80. The number of thiocarbonyl (C=S) groups is 1. The van der Waals surface area contributed by atoms with Crippen molar-refractivity contribution >= 4 is 34.5 Å². The number of hydrogen-bond acceptors (Lipinski definition) is 3. The lowest BCUT2D eigenvalue weighted by molar-refractivity contribution is 0.192. The fraction of sp³-hybridized carbons (Fsp3) is 0.462. The molecule has 3 nitrogen and oxygen atoms in total. The van der Waals surface area contributed by atoms with Crippen LogP contribution in [0.25, 0.3) is 0 Å². The van der Waals surface area contributed by atoms with Gasteiger partial charge in [0.1, 0.15) is 4.99 Å². The molecule has 0 spiro atoms. The van der Waals surface area contributed by atoms with Crippen LogP contribution >= 0.6 is 23.8 Å². The molecule has 0 saturated heterocycles. The van der Waals surface area contributed by atoms with Crippen molar-refractivity contribution < 1.29 is 4.74 Å². The van der Waals surface area contributed by atoms with Gasteiger partial charge in [0.05, 0.1) is 10.6 Å². The summed E-state index contributed by atoms with van der Waals surface area (Å²) in [6, 6.07) is 5.62. The van der Waals surface area contributed by atoms with E-state index in [1.807, 2.05) is 12.1 Å². The summed E-state index contributed by atoms with van der Waals surface area (Å²) < 4.78 is 5.00. The summed E-state index contributed by atoms with van der Waals surface area (Å²) in [5, 5.41) is 3.91. The molecule has 0 amide bonds. The molecule has 0 saturated carbocycles. The Balaban J connectivity index is 2.47. The quantitative estimate of drug-likeness (QED) is 0.569. The number of methoxy groups -OCH3 is 1. The molecule has 0 aromatic heterocycles. The Hall–Kier alpha value is -0.840. The van der Waals surface area contributed by atoms with E-state index in [-0.39, 0.29) is 0 Å². The highest BCUT2D eigenvalue weighted by Crippen LogP contribution is 2.24. The zero-order chi connectivity index (χ0) is 13.4. The minimum Gasteiger partial charge on any atom is -0.389 e. The molecule has 1 rings (SSSR count). The molecule has 1 aromatic carbocycles. The van der Waals surface area contributed by atoms with Gasteiger partial charge in [-0.25, -0.2) is 0 Å². The summed E-state index contributed by atoms with van der Waals surface area (Å²) in [6.45, 7) is 1.69. The van der Waals surface area contributed by atoms with E-state index in [9.17, 15) is 0 Å². The maximum Gasteiger partial charge on any atom is 0.107 e. The van der Waals surface area contributed by atoms with Crippen molar-refractivity contribution in [2.75, 3.05) is 25.6 Å². The number of benzene rings is 1. The van der Waals surface area contributed by atoms with Crippen molar-refractivity contribution in [2.45, 2.75) is 19.3 Å². The Labute approximate surface area is 119 Å². The molecule has 0 aliphatic rings. The van der Waals surface area contributed by atoms with Crippen LogP contribution in [0.4, 0.5) is 5.69 Å². The minimum atomic E-state index is 0.322. The van der Waals surface area contributed by atoms with Gasteiger partial charge in [-0.2, -0.15) is 0 Å². The van der Waals surface area contributed by atoms with E-state index in [2.05, 4.69) is 5.32 Å². The van der Waals surface area contributed by atoms with E-state index in [0.29, 0.717) is 10.0 Å². The molecule has 0 bridgehead atoms. The highest BCUT2D eigenvalue weighted by Gasteiger charge is 2.08. The second-order valence-corrected chi connectivity index (χ2v) is 4.85. The molecular weight excluding hydrogens is 268 g/mol. The molecule has 0 aliphatic heterocycles. The number of unbranched alkanes of at least 4 members (excludes halogenated alkanes) is 2. The second kappa shape index (κ2) is 8.29. The molecule has 1 aromatic rings. The molecule has 100 valence electrons. The lowest BCUT2D eigenvalue weighted by Gasteiger charge is -2.12. The summed E-state index contributed by atoms with van der Waals surface area (Å²) in [5.74, 6) is 0. The zero-order valence-electron chi connectivity index (χ0n) is 10.5. The Morgan fingerprint density at radius 1 is 1.39 bits per heavy atom. The predicted molar refractivity (Wildman–Crippen MR) is 81.6 cm³/mol. The lowest BCUT2D eigenvalue weighted by Crippen LogP contribution is -2.14. The van der Waals surface area contributed by atoms with Crippen molar-refractivity contribution in [3.63, 3.8) is 0 Å². The van der Waals surface area contributed by atoms with Gasteiger partial charge < -0.3 is 15.8 Å². The van der Waals surface area contributed by atoms with Crippen LogP contribution in [0.15, 0.2) is 18.2 Å². The number of halogens is 1. The second-order valence-electron chi connectivity index (χ2n) is 4.01. The molecular formula is C13H19ClN2OS. The van der Waals surface area contributed by atoms with Crippen molar-refractivity contribution in [3.8, 4) is 0 Å². The molecule has 0 aliphatic carbocycles. The highest BCUT2D eigenvalue weighted by atomic mass is 35.5. The van der Waals surface area contributed by atoms with Crippen molar-refractivity contribution in [1.82, 2.24) is 0 Å². The summed E-state index contributed by atoms with van der Waals surface area (Å²) in [6.07, 6.45) is 3.28. The van der Waals surface area contributed by atoms with Gasteiger partial charge in [-0.15, -0.1) is 0 Å². The van der Waals surface area contributed by atoms with E-state index >= 15 is 0 Å². The standard InChI is InChI=1S/C13H19ClN2OS/c1-17-9-4-2-3-8-16-11-7-5-6-10(14)12(11)13(15)18/h5-7,16H,2-4,8-9H2,1H3,(H2,15,18). The molecule has 0 heterocycles. The number of hydrogen-bond donors (Lipinski definition) is 2. The number of rotatable bonds is 8. The Morgan fingerprint density at radius 2 is 2.17 bits per heavy atom. The minimum absolute atomic E-state index is 0.322. The molecule has 0 radical (unpaired) electrons. The number of nitrogens with two attached hydrogens (primary N) is 1. The zero-order valence-corrected chi connectivity index (χ0v) is 12.1. The average Bonchev–Trinajstić information content (AvgIpc) is 2.33. The van der Waals surface area contributed by atoms with Crippen LogP contribution in [0.5, 0.6) is 0 Å². The van der Waals surface area contributed by atoms with Gasteiger partial charge in [-0.3, -0.25) is 0 Å². The Bertz CT molecular complexity index is 399. The predicted octanol–water partition coefficient (Wildman–Crippen LogP) is 3.20. The first kappa shape index (κ1) is 15.2. The van der Waals surface area contributed by atoms with Gasteiger partial charge in [0.15, 0.2) is 0 Å². The van der Waals surface area contributed by atoms with E-state index in [4.69, 9.17) is 34.3 Å². The molecule has 18 heavy (non-hydrogen) atoms. The maximum atomic E-state index is 6.08. The SMILES string of the molecule is COCCCCCNc1cccc(Cl)c1C(N)=S. The molecule has 0 fully saturated rings. The first-order valence-electron chi connectivity index (χ1n) is 5.98. The maximum absolute atomic E-state index is 6.08. The van der Waals surface area contributed by atoms with Crippen molar-refractivity contribution in [2.24, 2.45) is 5.73 Å². The van der Waals surface area contributed by atoms with Crippen LogP contribution in [0, 0.1) is 0 Å². The van der Waals surface area contributed by atoms with Crippen LogP contribution < -0.4 is 11.1 Å².